The summed E-state index contributed by atoms with van der Waals surface area (Å²) in [6.45, 7) is 0. The highest BCUT2D eigenvalue weighted by Crippen LogP contribution is 2.37. The van der Waals surface area contributed by atoms with Crippen molar-refractivity contribution in [3.8, 4) is 40.0 Å². The monoisotopic (exact) mass is 575 g/mol. The molecule has 0 spiro atoms. The molecular weight excluding hydrogens is 550 g/mol. The summed E-state index contributed by atoms with van der Waals surface area (Å²) < 4.78 is 2.15. The van der Waals surface area contributed by atoms with E-state index in [1.54, 1.807) is 0 Å². The first kappa shape index (κ1) is 25.3. The van der Waals surface area contributed by atoms with Crippen molar-refractivity contribution in [1.29, 1.82) is 0 Å². The average Bonchev–Trinajstić information content (AvgIpc) is 3.45. The quantitative estimate of drug-likeness (QED) is 0.196. The molecule has 3 aromatic heterocycles. The molecule has 0 bridgehead atoms. The lowest BCUT2D eigenvalue weighted by atomic mass is 9.99. The van der Waals surface area contributed by atoms with E-state index in [0.717, 1.165) is 60.5 Å². The molecule has 5 nitrogen and oxygen atoms in total. The molecule has 0 atom stereocenters. The Labute approximate surface area is 259 Å². The standard InChI is InChI=1S/C40H25N5/c1-3-13-26(14-4-1)38-42-39(27-15-5-2-6-16-27)44-40(43-38)45-35-22-12-10-19-31(35)33-25-28(23-24-36(33)45)37-32-20-8-7-17-29(32)30-18-9-11-21-34(30)41-37/h1-25H. The molecule has 0 fully saturated rings. The number of nitrogens with zero attached hydrogens (tertiary/aromatic N) is 5. The fourth-order valence-electron chi connectivity index (χ4n) is 6.36. The highest BCUT2D eigenvalue weighted by Gasteiger charge is 2.19. The summed E-state index contributed by atoms with van der Waals surface area (Å²) in [7, 11) is 0. The Bertz CT molecular complexity index is 2480. The maximum Gasteiger partial charge on any atom is 0.238 e. The van der Waals surface area contributed by atoms with Gasteiger partial charge in [0, 0.05) is 38.2 Å². The molecule has 0 radical (unpaired) electrons. The first-order chi connectivity index (χ1) is 22.3. The predicted octanol–water partition coefficient (Wildman–Crippen LogP) is 9.67. The zero-order valence-corrected chi connectivity index (χ0v) is 24.2. The summed E-state index contributed by atoms with van der Waals surface area (Å²) in [5.74, 6) is 1.85. The van der Waals surface area contributed by atoms with Crippen LogP contribution in [-0.4, -0.2) is 24.5 Å². The summed E-state index contributed by atoms with van der Waals surface area (Å²) in [4.78, 5) is 20.2. The molecule has 0 N–H and O–H groups in total. The van der Waals surface area contributed by atoms with E-state index >= 15 is 0 Å². The van der Waals surface area contributed by atoms with Crippen LogP contribution in [0.15, 0.2) is 152 Å². The van der Waals surface area contributed by atoms with Crippen LogP contribution >= 0.6 is 0 Å². The van der Waals surface area contributed by atoms with Crippen LogP contribution in [0.2, 0.25) is 0 Å². The topological polar surface area (TPSA) is 56.5 Å². The second-order valence-corrected chi connectivity index (χ2v) is 11.1. The largest absolute Gasteiger partial charge is 0.278 e. The van der Waals surface area contributed by atoms with Gasteiger partial charge in [0.05, 0.1) is 22.2 Å². The van der Waals surface area contributed by atoms with Crippen LogP contribution in [0.25, 0.3) is 83.5 Å². The lowest BCUT2D eigenvalue weighted by Crippen LogP contribution is -2.06. The molecule has 5 heteroatoms. The predicted molar refractivity (Wildman–Crippen MR) is 183 cm³/mol. The van der Waals surface area contributed by atoms with Crippen molar-refractivity contribution in [2.24, 2.45) is 0 Å². The van der Waals surface area contributed by atoms with Crippen LogP contribution in [-0.2, 0) is 0 Å². The summed E-state index contributed by atoms with van der Waals surface area (Å²) in [6.07, 6.45) is 0. The van der Waals surface area contributed by atoms with Crippen molar-refractivity contribution in [2.75, 3.05) is 0 Å². The van der Waals surface area contributed by atoms with E-state index in [4.69, 9.17) is 19.9 Å². The fourth-order valence-corrected chi connectivity index (χ4v) is 6.36. The third-order valence-corrected chi connectivity index (χ3v) is 8.44. The fraction of sp³-hybridized carbons (Fsp3) is 0. The number of hydrogen-bond donors (Lipinski definition) is 0. The van der Waals surface area contributed by atoms with Crippen molar-refractivity contribution < 1.29 is 0 Å². The average molecular weight is 576 g/mol. The van der Waals surface area contributed by atoms with E-state index in [0.29, 0.717) is 17.6 Å². The van der Waals surface area contributed by atoms with Gasteiger partial charge in [-0.2, -0.15) is 9.97 Å². The Balaban J connectivity index is 1.31. The van der Waals surface area contributed by atoms with Crippen LogP contribution in [0.1, 0.15) is 0 Å². The van der Waals surface area contributed by atoms with Crippen LogP contribution in [0, 0.1) is 0 Å². The number of benzene rings is 6. The summed E-state index contributed by atoms with van der Waals surface area (Å²) in [5.41, 5.74) is 6.96. The minimum absolute atomic E-state index is 0.580. The molecule has 3 heterocycles. The van der Waals surface area contributed by atoms with Gasteiger partial charge < -0.3 is 0 Å². The van der Waals surface area contributed by atoms with Gasteiger partial charge in [0.1, 0.15) is 0 Å². The molecule has 0 aliphatic rings. The number of fused-ring (bicyclic) bond motifs is 6. The van der Waals surface area contributed by atoms with Crippen molar-refractivity contribution in [3.63, 3.8) is 0 Å². The maximum atomic E-state index is 5.18. The van der Waals surface area contributed by atoms with Gasteiger partial charge in [-0.05, 0) is 29.7 Å². The molecule has 9 aromatic rings. The number of rotatable bonds is 4. The smallest absolute Gasteiger partial charge is 0.238 e. The molecule has 0 saturated carbocycles. The van der Waals surface area contributed by atoms with Crippen molar-refractivity contribution in [1.82, 2.24) is 24.5 Å². The van der Waals surface area contributed by atoms with E-state index in [9.17, 15) is 0 Å². The van der Waals surface area contributed by atoms with E-state index in [-0.39, 0.29) is 0 Å². The van der Waals surface area contributed by atoms with E-state index in [1.165, 1.54) is 5.39 Å². The Morgan fingerprint density at radius 2 is 0.911 bits per heavy atom. The van der Waals surface area contributed by atoms with Gasteiger partial charge in [0.25, 0.3) is 0 Å². The first-order valence-corrected chi connectivity index (χ1v) is 15.0. The normalized spacial score (nSPS) is 11.6. The second kappa shape index (κ2) is 10.2. The SMILES string of the molecule is c1ccc(-c2nc(-c3ccccc3)nc(-n3c4ccccc4c4cc(-c5nc6ccccc6c6ccccc56)ccc43)n2)cc1. The number of hydrogen-bond acceptors (Lipinski definition) is 4. The Morgan fingerprint density at radius 1 is 0.356 bits per heavy atom. The van der Waals surface area contributed by atoms with Gasteiger partial charge in [-0.15, -0.1) is 0 Å². The van der Waals surface area contributed by atoms with Gasteiger partial charge in [-0.3, -0.25) is 4.57 Å². The molecule has 210 valence electrons. The zero-order chi connectivity index (χ0) is 29.7. The molecule has 0 unspecified atom stereocenters. The zero-order valence-electron chi connectivity index (χ0n) is 24.2. The van der Waals surface area contributed by atoms with Gasteiger partial charge >= 0.3 is 0 Å². The van der Waals surface area contributed by atoms with Gasteiger partial charge in [0.15, 0.2) is 11.6 Å². The maximum absolute atomic E-state index is 5.18. The van der Waals surface area contributed by atoms with E-state index in [1.807, 2.05) is 66.7 Å². The van der Waals surface area contributed by atoms with E-state index in [2.05, 4.69) is 89.5 Å². The van der Waals surface area contributed by atoms with Gasteiger partial charge in [-0.25, -0.2) is 9.97 Å². The van der Waals surface area contributed by atoms with Crippen LogP contribution in [0.3, 0.4) is 0 Å². The molecular formula is C40H25N5. The lowest BCUT2D eigenvalue weighted by molar-refractivity contribution is 0.953. The molecule has 6 aromatic carbocycles. The van der Waals surface area contributed by atoms with Crippen molar-refractivity contribution >= 4 is 43.5 Å². The number of aromatic nitrogens is 5. The van der Waals surface area contributed by atoms with Crippen LogP contribution < -0.4 is 0 Å². The van der Waals surface area contributed by atoms with Gasteiger partial charge in [0.2, 0.25) is 5.95 Å². The Morgan fingerprint density at radius 3 is 1.62 bits per heavy atom. The highest BCUT2D eigenvalue weighted by molar-refractivity contribution is 6.13. The molecule has 0 aliphatic carbocycles. The third-order valence-electron chi connectivity index (χ3n) is 8.44. The highest BCUT2D eigenvalue weighted by atomic mass is 15.2. The molecule has 0 aliphatic heterocycles. The summed E-state index contributed by atoms with van der Waals surface area (Å²) in [6, 6.07) is 52.1. The Kier molecular flexibility index (Phi) is 5.74. The number of pyridine rings is 1. The molecule has 0 amide bonds. The van der Waals surface area contributed by atoms with Crippen molar-refractivity contribution in [3.05, 3.63) is 152 Å². The lowest BCUT2D eigenvalue weighted by Gasteiger charge is -2.12. The summed E-state index contributed by atoms with van der Waals surface area (Å²) in [5, 5.41) is 5.74. The minimum Gasteiger partial charge on any atom is -0.278 e. The molecule has 45 heavy (non-hydrogen) atoms. The first-order valence-electron chi connectivity index (χ1n) is 15.0. The van der Waals surface area contributed by atoms with E-state index < -0.39 is 0 Å². The summed E-state index contributed by atoms with van der Waals surface area (Å²) >= 11 is 0. The minimum atomic E-state index is 0.580. The van der Waals surface area contributed by atoms with Crippen molar-refractivity contribution in [2.45, 2.75) is 0 Å². The second-order valence-electron chi connectivity index (χ2n) is 11.1. The molecule has 0 saturated heterocycles. The third kappa shape index (κ3) is 4.17. The Hall–Kier alpha value is -6.20. The molecule has 9 rings (SSSR count). The van der Waals surface area contributed by atoms with Gasteiger partial charge in [-0.1, -0.05) is 127 Å². The van der Waals surface area contributed by atoms with Crippen LogP contribution in [0.4, 0.5) is 0 Å². The number of para-hydroxylation sites is 2. The van der Waals surface area contributed by atoms with Crippen LogP contribution in [0.5, 0.6) is 0 Å².